The summed E-state index contributed by atoms with van der Waals surface area (Å²) in [6.07, 6.45) is 1.82. The average Bonchev–Trinajstić information content (AvgIpc) is 2.39. The van der Waals surface area contributed by atoms with Crippen molar-refractivity contribution in [1.82, 2.24) is 9.62 Å². The fourth-order valence-corrected chi connectivity index (χ4v) is 4.59. The minimum absolute atomic E-state index is 0. The van der Waals surface area contributed by atoms with E-state index >= 15 is 0 Å². The van der Waals surface area contributed by atoms with Crippen LogP contribution in [0.4, 0.5) is 0 Å². The van der Waals surface area contributed by atoms with Crippen molar-refractivity contribution in [2.24, 2.45) is 5.92 Å². The van der Waals surface area contributed by atoms with Gasteiger partial charge in [0, 0.05) is 18.1 Å². The fraction of sp³-hybridized carbons (Fsp3) is 0.571. The molecule has 0 unspecified atom stereocenters. The Hall–Kier alpha value is -0.330. The molecule has 4 nitrogen and oxygen atoms in total. The first-order chi connectivity index (χ1) is 9.45. The van der Waals surface area contributed by atoms with Crippen LogP contribution in [0.2, 0.25) is 5.02 Å². The maximum absolute atomic E-state index is 12.7. The molecular weight excluding hydrogens is 331 g/mol. The van der Waals surface area contributed by atoms with Crippen molar-refractivity contribution in [1.29, 1.82) is 0 Å². The summed E-state index contributed by atoms with van der Waals surface area (Å²) < 4.78 is 26.9. The highest BCUT2D eigenvalue weighted by Gasteiger charge is 2.30. The first kappa shape index (κ1) is 18.7. The number of hydrogen-bond acceptors (Lipinski definition) is 3. The Labute approximate surface area is 138 Å². The van der Waals surface area contributed by atoms with Gasteiger partial charge in [0.2, 0.25) is 10.0 Å². The molecule has 0 amide bonds. The van der Waals surface area contributed by atoms with Gasteiger partial charge in [0.25, 0.3) is 0 Å². The Morgan fingerprint density at radius 3 is 2.48 bits per heavy atom. The molecule has 0 atom stereocenters. The minimum atomic E-state index is -3.39. The zero-order chi connectivity index (χ0) is 14.8. The summed E-state index contributed by atoms with van der Waals surface area (Å²) in [6.45, 7) is 3.92. The zero-order valence-corrected chi connectivity index (χ0v) is 14.7. The van der Waals surface area contributed by atoms with Crippen LogP contribution in [0, 0.1) is 12.8 Å². The van der Waals surface area contributed by atoms with Crippen LogP contribution in [0.3, 0.4) is 0 Å². The van der Waals surface area contributed by atoms with Gasteiger partial charge in [-0.25, -0.2) is 8.42 Å². The van der Waals surface area contributed by atoms with Crippen LogP contribution >= 0.6 is 24.0 Å². The van der Waals surface area contributed by atoms with Gasteiger partial charge in [-0.1, -0.05) is 11.6 Å². The summed E-state index contributed by atoms with van der Waals surface area (Å²) >= 11 is 5.89. The smallest absolute Gasteiger partial charge is 0.243 e. The number of rotatable bonds is 4. The molecule has 1 saturated heterocycles. The van der Waals surface area contributed by atoms with Gasteiger partial charge in [-0.05, 0) is 63.0 Å². The number of piperidine rings is 1. The first-order valence-corrected chi connectivity index (χ1v) is 8.68. The van der Waals surface area contributed by atoms with E-state index in [1.807, 2.05) is 7.05 Å². The topological polar surface area (TPSA) is 49.4 Å². The van der Waals surface area contributed by atoms with E-state index in [0.29, 0.717) is 34.5 Å². The predicted molar refractivity (Wildman–Crippen MR) is 88.8 cm³/mol. The van der Waals surface area contributed by atoms with Crippen LogP contribution in [0.15, 0.2) is 23.1 Å². The van der Waals surface area contributed by atoms with E-state index in [2.05, 4.69) is 5.32 Å². The number of nitrogens with zero attached hydrogens (tertiary/aromatic N) is 1. The standard InChI is InChI=1S/C14H21ClN2O2S.ClH/c1-11-9-13(15)3-4-14(11)20(18,19)17-7-5-12(6-8-17)10-16-2;/h3-4,9,12,16H,5-8,10H2,1-2H3;1H. The number of aryl methyl sites for hydroxylation is 1. The molecule has 7 heteroatoms. The SMILES string of the molecule is CNCC1CCN(S(=O)(=O)c2ccc(Cl)cc2C)CC1.Cl. The number of sulfonamides is 1. The van der Waals surface area contributed by atoms with E-state index in [4.69, 9.17) is 11.6 Å². The molecular formula is C14H22Cl2N2O2S. The quantitative estimate of drug-likeness (QED) is 0.906. The van der Waals surface area contributed by atoms with E-state index in [0.717, 1.165) is 19.4 Å². The van der Waals surface area contributed by atoms with Crippen LogP contribution in [0.1, 0.15) is 18.4 Å². The van der Waals surface area contributed by atoms with E-state index < -0.39 is 10.0 Å². The summed E-state index contributed by atoms with van der Waals surface area (Å²) in [4.78, 5) is 0.369. The van der Waals surface area contributed by atoms with E-state index in [-0.39, 0.29) is 12.4 Å². The van der Waals surface area contributed by atoms with Crippen LogP contribution in [-0.4, -0.2) is 39.4 Å². The predicted octanol–water partition coefficient (Wildman–Crippen LogP) is 2.69. The van der Waals surface area contributed by atoms with Gasteiger partial charge < -0.3 is 5.32 Å². The van der Waals surface area contributed by atoms with Crippen molar-refractivity contribution in [2.75, 3.05) is 26.7 Å². The second-order valence-corrected chi connectivity index (χ2v) is 7.66. The summed E-state index contributed by atoms with van der Waals surface area (Å²) in [5, 5.41) is 3.72. The van der Waals surface area contributed by atoms with Crippen molar-refractivity contribution >= 4 is 34.0 Å². The molecule has 0 radical (unpaired) electrons. The van der Waals surface area contributed by atoms with Gasteiger partial charge in [-0.2, -0.15) is 4.31 Å². The highest BCUT2D eigenvalue weighted by Crippen LogP contribution is 2.26. The van der Waals surface area contributed by atoms with Gasteiger partial charge in [0.1, 0.15) is 0 Å². The third-order valence-electron chi connectivity index (χ3n) is 3.82. The third-order valence-corrected chi connectivity index (χ3v) is 6.12. The molecule has 1 aromatic carbocycles. The van der Waals surface area contributed by atoms with Gasteiger partial charge >= 0.3 is 0 Å². The lowest BCUT2D eigenvalue weighted by Crippen LogP contribution is -2.40. The number of benzene rings is 1. The number of halogens is 2. The van der Waals surface area contributed by atoms with Crippen molar-refractivity contribution in [3.05, 3.63) is 28.8 Å². The molecule has 1 N–H and O–H groups in total. The average molecular weight is 353 g/mol. The molecule has 0 aliphatic carbocycles. The lowest BCUT2D eigenvalue weighted by Gasteiger charge is -2.31. The summed E-state index contributed by atoms with van der Waals surface area (Å²) in [6, 6.07) is 4.93. The first-order valence-electron chi connectivity index (χ1n) is 6.86. The molecule has 1 fully saturated rings. The van der Waals surface area contributed by atoms with Gasteiger partial charge in [0.15, 0.2) is 0 Å². The highest BCUT2D eigenvalue weighted by atomic mass is 35.5. The van der Waals surface area contributed by atoms with Crippen LogP contribution < -0.4 is 5.32 Å². The van der Waals surface area contributed by atoms with Gasteiger partial charge in [-0.3, -0.25) is 0 Å². The molecule has 120 valence electrons. The fourth-order valence-electron chi connectivity index (χ4n) is 2.68. The Balaban J connectivity index is 0.00000220. The lowest BCUT2D eigenvalue weighted by atomic mass is 9.98. The highest BCUT2D eigenvalue weighted by molar-refractivity contribution is 7.89. The number of hydrogen-bond donors (Lipinski definition) is 1. The summed E-state index contributed by atoms with van der Waals surface area (Å²) in [5.74, 6) is 0.567. The van der Waals surface area contributed by atoms with Crippen LogP contribution in [0.25, 0.3) is 0 Å². The normalized spacial score (nSPS) is 17.5. The number of nitrogens with one attached hydrogen (secondary N) is 1. The van der Waals surface area contributed by atoms with Crippen LogP contribution in [0.5, 0.6) is 0 Å². The second-order valence-electron chi connectivity index (χ2n) is 5.31. The van der Waals surface area contributed by atoms with E-state index in [1.165, 1.54) is 0 Å². The molecule has 0 spiro atoms. The molecule has 1 aromatic rings. The Morgan fingerprint density at radius 1 is 1.33 bits per heavy atom. The van der Waals surface area contributed by atoms with Crippen molar-refractivity contribution in [3.8, 4) is 0 Å². The van der Waals surface area contributed by atoms with E-state index in [9.17, 15) is 8.42 Å². The molecule has 0 bridgehead atoms. The molecule has 0 saturated carbocycles. The van der Waals surface area contributed by atoms with Gasteiger partial charge in [-0.15, -0.1) is 12.4 Å². The Kier molecular flexibility index (Phi) is 6.94. The minimum Gasteiger partial charge on any atom is -0.319 e. The molecule has 1 aliphatic rings. The molecule has 21 heavy (non-hydrogen) atoms. The Morgan fingerprint density at radius 2 is 1.95 bits per heavy atom. The van der Waals surface area contributed by atoms with Gasteiger partial charge in [0.05, 0.1) is 4.90 Å². The Bertz CT molecular complexity index is 570. The lowest BCUT2D eigenvalue weighted by molar-refractivity contribution is 0.270. The van der Waals surface area contributed by atoms with E-state index in [1.54, 1.807) is 29.4 Å². The van der Waals surface area contributed by atoms with Crippen molar-refractivity contribution < 1.29 is 8.42 Å². The monoisotopic (exact) mass is 352 g/mol. The maximum Gasteiger partial charge on any atom is 0.243 e. The maximum atomic E-state index is 12.7. The molecule has 2 rings (SSSR count). The van der Waals surface area contributed by atoms with Crippen molar-refractivity contribution in [2.45, 2.75) is 24.7 Å². The van der Waals surface area contributed by atoms with Crippen LogP contribution in [-0.2, 0) is 10.0 Å². The molecule has 1 heterocycles. The third kappa shape index (κ3) is 4.33. The largest absolute Gasteiger partial charge is 0.319 e. The summed E-state index contributed by atoms with van der Waals surface area (Å²) in [5.41, 5.74) is 0.704. The molecule has 0 aromatic heterocycles. The zero-order valence-electron chi connectivity index (χ0n) is 12.3. The summed E-state index contributed by atoms with van der Waals surface area (Å²) in [7, 11) is -1.46. The second kappa shape index (κ2) is 7.79. The molecule has 1 aliphatic heterocycles. The van der Waals surface area contributed by atoms with Crippen molar-refractivity contribution in [3.63, 3.8) is 0 Å².